The van der Waals surface area contributed by atoms with E-state index >= 15 is 0 Å². The van der Waals surface area contributed by atoms with Gasteiger partial charge in [0.2, 0.25) is 5.91 Å². The van der Waals surface area contributed by atoms with Crippen molar-refractivity contribution in [3.8, 4) is 0 Å². The molecular formula is C15H21NO4. The molecule has 0 fully saturated rings. The third-order valence-electron chi connectivity index (χ3n) is 2.58. The van der Waals surface area contributed by atoms with E-state index < -0.39 is 5.97 Å². The second-order valence-corrected chi connectivity index (χ2v) is 4.35. The van der Waals surface area contributed by atoms with Crippen molar-refractivity contribution in [2.24, 2.45) is 0 Å². The lowest BCUT2D eigenvalue weighted by molar-refractivity contribution is -0.147. The predicted octanol–water partition coefficient (Wildman–Crippen LogP) is 2.40. The third-order valence-corrected chi connectivity index (χ3v) is 2.58. The molecule has 0 spiro atoms. The zero-order valence-corrected chi connectivity index (χ0v) is 12.2. The number of amides is 1. The van der Waals surface area contributed by atoms with Crippen LogP contribution in [0, 0.1) is 6.92 Å². The van der Waals surface area contributed by atoms with Crippen molar-refractivity contribution >= 4 is 18.0 Å². The van der Waals surface area contributed by atoms with Gasteiger partial charge in [0, 0.05) is 12.6 Å². The van der Waals surface area contributed by atoms with Gasteiger partial charge in [-0.15, -0.1) is 0 Å². The van der Waals surface area contributed by atoms with Gasteiger partial charge in [0.15, 0.2) is 0 Å². The molecule has 0 aliphatic carbocycles. The standard InChI is InChI=1S/C15H21NO4/c1-4-10-16(11-15(18)19-5-2)14(17)9-8-13-7-6-12(3)20-13/h6-9H,4-5,10-11H2,1-3H3/b9-8+. The Morgan fingerprint density at radius 2 is 2.10 bits per heavy atom. The Kier molecular flexibility index (Phi) is 6.56. The van der Waals surface area contributed by atoms with Crippen LogP contribution in [0.15, 0.2) is 22.6 Å². The maximum Gasteiger partial charge on any atom is 0.325 e. The number of rotatable bonds is 7. The van der Waals surface area contributed by atoms with E-state index in [1.54, 1.807) is 19.1 Å². The molecule has 0 aromatic carbocycles. The fourth-order valence-corrected chi connectivity index (χ4v) is 1.70. The van der Waals surface area contributed by atoms with Crippen LogP contribution >= 0.6 is 0 Å². The van der Waals surface area contributed by atoms with Crippen LogP contribution in [-0.4, -0.2) is 36.5 Å². The summed E-state index contributed by atoms with van der Waals surface area (Å²) in [4.78, 5) is 25.0. The predicted molar refractivity (Wildman–Crippen MR) is 76.0 cm³/mol. The molecule has 0 aliphatic heterocycles. The topological polar surface area (TPSA) is 59.8 Å². The van der Waals surface area contributed by atoms with Gasteiger partial charge < -0.3 is 14.1 Å². The van der Waals surface area contributed by atoms with Gasteiger partial charge in [-0.2, -0.15) is 0 Å². The van der Waals surface area contributed by atoms with E-state index in [9.17, 15) is 9.59 Å². The number of esters is 1. The maximum atomic E-state index is 12.0. The number of ether oxygens (including phenoxy) is 1. The highest BCUT2D eigenvalue weighted by atomic mass is 16.5. The largest absolute Gasteiger partial charge is 0.465 e. The normalized spacial score (nSPS) is 10.8. The summed E-state index contributed by atoms with van der Waals surface area (Å²) in [5.74, 6) is 0.781. The van der Waals surface area contributed by atoms with Gasteiger partial charge in [-0.1, -0.05) is 6.92 Å². The second-order valence-electron chi connectivity index (χ2n) is 4.35. The van der Waals surface area contributed by atoms with Crippen LogP contribution < -0.4 is 0 Å². The van der Waals surface area contributed by atoms with Crippen molar-refractivity contribution < 1.29 is 18.7 Å². The number of nitrogens with zero attached hydrogens (tertiary/aromatic N) is 1. The minimum atomic E-state index is -0.392. The van der Waals surface area contributed by atoms with Crippen LogP contribution in [0.1, 0.15) is 31.8 Å². The van der Waals surface area contributed by atoms with E-state index in [0.29, 0.717) is 18.9 Å². The number of aryl methyl sites for hydroxylation is 1. The quantitative estimate of drug-likeness (QED) is 0.568. The van der Waals surface area contributed by atoms with Gasteiger partial charge in [0.05, 0.1) is 6.61 Å². The number of carbonyl (C=O) groups is 2. The summed E-state index contributed by atoms with van der Waals surface area (Å²) in [5, 5.41) is 0. The molecule has 5 heteroatoms. The summed E-state index contributed by atoms with van der Waals surface area (Å²) in [6.45, 7) is 6.33. The molecule has 20 heavy (non-hydrogen) atoms. The number of furan rings is 1. The number of hydrogen-bond acceptors (Lipinski definition) is 4. The fraction of sp³-hybridized carbons (Fsp3) is 0.467. The van der Waals surface area contributed by atoms with Crippen LogP contribution in [0.5, 0.6) is 0 Å². The minimum absolute atomic E-state index is 0.0258. The van der Waals surface area contributed by atoms with Crippen molar-refractivity contribution in [1.82, 2.24) is 4.90 Å². The van der Waals surface area contributed by atoms with Gasteiger partial charge in [-0.25, -0.2) is 0 Å². The minimum Gasteiger partial charge on any atom is -0.465 e. The molecule has 0 N–H and O–H groups in total. The van der Waals surface area contributed by atoms with Crippen molar-refractivity contribution in [2.75, 3.05) is 19.7 Å². The highest BCUT2D eigenvalue weighted by Crippen LogP contribution is 2.08. The smallest absolute Gasteiger partial charge is 0.325 e. The molecule has 110 valence electrons. The molecule has 1 aromatic heterocycles. The molecule has 0 saturated carbocycles. The first kappa shape index (κ1) is 16.0. The molecule has 0 saturated heterocycles. The van der Waals surface area contributed by atoms with Crippen LogP contribution in [-0.2, 0) is 14.3 Å². The zero-order chi connectivity index (χ0) is 15.0. The molecule has 0 aliphatic rings. The van der Waals surface area contributed by atoms with Gasteiger partial charge in [-0.05, 0) is 38.5 Å². The SMILES string of the molecule is CCCN(CC(=O)OCC)C(=O)/C=C/c1ccc(C)o1. The molecule has 0 radical (unpaired) electrons. The van der Waals surface area contributed by atoms with Gasteiger partial charge >= 0.3 is 5.97 Å². The van der Waals surface area contributed by atoms with Crippen LogP contribution in [0.25, 0.3) is 6.08 Å². The van der Waals surface area contributed by atoms with Crippen LogP contribution in [0.3, 0.4) is 0 Å². The zero-order valence-electron chi connectivity index (χ0n) is 12.2. The molecule has 1 amide bonds. The van der Waals surface area contributed by atoms with Crippen LogP contribution in [0.2, 0.25) is 0 Å². The molecule has 1 rings (SSSR count). The first-order chi connectivity index (χ1) is 9.56. The van der Waals surface area contributed by atoms with Crippen LogP contribution in [0.4, 0.5) is 0 Å². The Morgan fingerprint density at radius 1 is 1.35 bits per heavy atom. The Balaban J connectivity index is 2.63. The number of carbonyl (C=O) groups excluding carboxylic acids is 2. The van der Waals surface area contributed by atoms with Gasteiger partial charge in [-0.3, -0.25) is 9.59 Å². The molecule has 0 bridgehead atoms. The van der Waals surface area contributed by atoms with E-state index in [0.717, 1.165) is 12.2 Å². The van der Waals surface area contributed by atoms with Gasteiger partial charge in [0.1, 0.15) is 18.1 Å². The average molecular weight is 279 g/mol. The molecule has 5 nitrogen and oxygen atoms in total. The lowest BCUT2D eigenvalue weighted by Crippen LogP contribution is -2.36. The van der Waals surface area contributed by atoms with E-state index in [-0.39, 0.29) is 12.5 Å². The van der Waals surface area contributed by atoms with Crippen molar-refractivity contribution in [3.05, 3.63) is 29.7 Å². The Hall–Kier alpha value is -2.04. The summed E-state index contributed by atoms with van der Waals surface area (Å²) >= 11 is 0. The van der Waals surface area contributed by atoms with E-state index in [1.807, 2.05) is 19.9 Å². The Morgan fingerprint density at radius 3 is 2.65 bits per heavy atom. The first-order valence-electron chi connectivity index (χ1n) is 6.75. The summed E-state index contributed by atoms with van der Waals surface area (Å²) in [6.07, 6.45) is 3.79. The van der Waals surface area contributed by atoms with Crippen molar-refractivity contribution in [2.45, 2.75) is 27.2 Å². The Bertz CT molecular complexity index is 476. The third kappa shape index (κ3) is 5.30. The Labute approximate surface area is 119 Å². The van der Waals surface area contributed by atoms with E-state index in [1.165, 1.54) is 11.0 Å². The van der Waals surface area contributed by atoms with Crippen molar-refractivity contribution in [3.63, 3.8) is 0 Å². The first-order valence-corrected chi connectivity index (χ1v) is 6.75. The lowest BCUT2D eigenvalue weighted by Gasteiger charge is -2.19. The number of hydrogen-bond donors (Lipinski definition) is 0. The maximum absolute atomic E-state index is 12.0. The summed E-state index contributed by atoms with van der Waals surface area (Å²) in [7, 11) is 0. The van der Waals surface area contributed by atoms with Gasteiger partial charge in [0.25, 0.3) is 0 Å². The van der Waals surface area contributed by atoms with E-state index in [2.05, 4.69) is 0 Å². The second kappa shape index (κ2) is 8.19. The summed E-state index contributed by atoms with van der Waals surface area (Å²) in [5.41, 5.74) is 0. The molecule has 0 unspecified atom stereocenters. The molecule has 0 atom stereocenters. The molecular weight excluding hydrogens is 258 g/mol. The van der Waals surface area contributed by atoms with E-state index in [4.69, 9.17) is 9.15 Å². The fourth-order valence-electron chi connectivity index (χ4n) is 1.70. The highest BCUT2D eigenvalue weighted by molar-refractivity contribution is 5.93. The molecule has 1 aromatic rings. The summed E-state index contributed by atoms with van der Waals surface area (Å²) in [6, 6.07) is 3.61. The molecule has 1 heterocycles. The lowest BCUT2D eigenvalue weighted by atomic mass is 10.3. The summed E-state index contributed by atoms with van der Waals surface area (Å²) < 4.78 is 10.2. The monoisotopic (exact) mass is 279 g/mol. The highest BCUT2D eigenvalue weighted by Gasteiger charge is 2.14. The van der Waals surface area contributed by atoms with Crippen molar-refractivity contribution in [1.29, 1.82) is 0 Å². The average Bonchev–Trinajstić information content (AvgIpc) is 2.81.